The van der Waals surface area contributed by atoms with Gasteiger partial charge in [-0.2, -0.15) is 4.39 Å². The number of aromatic nitrogens is 2. The Balaban J connectivity index is 1.61. The van der Waals surface area contributed by atoms with E-state index in [0.29, 0.717) is 5.69 Å². The Morgan fingerprint density at radius 2 is 2.00 bits per heavy atom. The van der Waals surface area contributed by atoms with Crippen molar-refractivity contribution in [1.29, 1.82) is 0 Å². The number of hydrogen-bond acceptors (Lipinski definition) is 4. The summed E-state index contributed by atoms with van der Waals surface area (Å²) in [6.07, 6.45) is 6.71. The minimum absolute atomic E-state index is 0.466. The van der Waals surface area contributed by atoms with E-state index in [2.05, 4.69) is 15.3 Å². The summed E-state index contributed by atoms with van der Waals surface area (Å²) >= 11 is 1.55. The molecule has 0 unspecified atom stereocenters. The van der Waals surface area contributed by atoms with Crippen molar-refractivity contribution in [3.8, 4) is 11.4 Å². The van der Waals surface area contributed by atoms with E-state index in [1.807, 2.05) is 5.38 Å². The molecule has 0 atom stereocenters. The number of anilines is 1. The van der Waals surface area contributed by atoms with Gasteiger partial charge in [-0.05, 0) is 30.9 Å². The second-order valence-corrected chi connectivity index (χ2v) is 6.13. The summed E-state index contributed by atoms with van der Waals surface area (Å²) < 4.78 is 13.1. The molecular formula is C15H18FN3S. The molecule has 0 radical (unpaired) electrons. The van der Waals surface area contributed by atoms with E-state index in [-0.39, 0.29) is 0 Å². The fourth-order valence-corrected chi connectivity index (χ4v) is 3.36. The lowest BCUT2D eigenvalue weighted by molar-refractivity contribution is 0.373. The highest BCUT2D eigenvalue weighted by molar-refractivity contribution is 7.14. The molecule has 0 spiro atoms. The van der Waals surface area contributed by atoms with Crippen molar-refractivity contribution in [2.45, 2.75) is 32.1 Å². The average molecular weight is 291 g/mol. The fourth-order valence-electron chi connectivity index (χ4n) is 2.65. The van der Waals surface area contributed by atoms with Crippen LogP contribution in [0.2, 0.25) is 0 Å². The molecule has 0 aliphatic heterocycles. The highest BCUT2D eigenvalue weighted by atomic mass is 32.1. The Bertz CT molecular complexity index is 564. The van der Waals surface area contributed by atoms with Crippen molar-refractivity contribution in [1.82, 2.24) is 9.97 Å². The molecule has 1 aliphatic rings. The molecule has 0 aromatic carbocycles. The molecule has 2 aromatic heterocycles. The summed E-state index contributed by atoms with van der Waals surface area (Å²) in [4.78, 5) is 8.34. The molecule has 2 heterocycles. The predicted molar refractivity (Wildman–Crippen MR) is 80.4 cm³/mol. The Morgan fingerprint density at radius 1 is 1.15 bits per heavy atom. The maximum atomic E-state index is 13.1. The van der Waals surface area contributed by atoms with Crippen LogP contribution in [-0.4, -0.2) is 16.5 Å². The van der Waals surface area contributed by atoms with Gasteiger partial charge in [0.25, 0.3) is 0 Å². The van der Waals surface area contributed by atoms with Crippen molar-refractivity contribution in [3.05, 3.63) is 29.5 Å². The molecule has 1 saturated carbocycles. The topological polar surface area (TPSA) is 37.8 Å². The van der Waals surface area contributed by atoms with Gasteiger partial charge in [-0.3, -0.25) is 0 Å². The minimum Gasteiger partial charge on any atom is -0.361 e. The molecule has 5 heteroatoms. The van der Waals surface area contributed by atoms with Crippen molar-refractivity contribution in [2.24, 2.45) is 5.92 Å². The van der Waals surface area contributed by atoms with Crippen molar-refractivity contribution in [2.75, 3.05) is 11.9 Å². The number of nitrogens with one attached hydrogen (secondary N) is 1. The first kappa shape index (κ1) is 13.5. The minimum atomic E-state index is -0.466. The second kappa shape index (κ2) is 6.31. The van der Waals surface area contributed by atoms with E-state index in [1.54, 1.807) is 23.5 Å². The van der Waals surface area contributed by atoms with Crippen molar-refractivity contribution >= 4 is 16.5 Å². The van der Waals surface area contributed by atoms with Gasteiger partial charge in [0.15, 0.2) is 5.13 Å². The number of rotatable bonds is 4. The average Bonchev–Trinajstić information content (AvgIpc) is 2.95. The predicted octanol–water partition coefficient (Wildman–Crippen LogP) is 4.34. The van der Waals surface area contributed by atoms with Crippen LogP contribution in [0.3, 0.4) is 0 Å². The summed E-state index contributed by atoms with van der Waals surface area (Å²) in [6.45, 7) is 0.990. The summed E-state index contributed by atoms with van der Waals surface area (Å²) in [5.41, 5.74) is 1.33. The Kier molecular flexibility index (Phi) is 4.25. The van der Waals surface area contributed by atoms with Crippen LogP contribution < -0.4 is 5.32 Å². The van der Waals surface area contributed by atoms with Crippen molar-refractivity contribution in [3.63, 3.8) is 0 Å². The zero-order chi connectivity index (χ0) is 13.8. The highest BCUT2D eigenvalue weighted by Gasteiger charge is 2.14. The lowest BCUT2D eigenvalue weighted by Gasteiger charge is -2.21. The zero-order valence-corrected chi connectivity index (χ0v) is 12.1. The molecule has 1 fully saturated rings. The normalized spacial score (nSPS) is 16.2. The summed E-state index contributed by atoms with van der Waals surface area (Å²) in [5, 5.41) is 6.23. The molecule has 0 bridgehead atoms. The lowest BCUT2D eigenvalue weighted by atomic mass is 9.89. The van der Waals surface area contributed by atoms with Gasteiger partial charge in [-0.1, -0.05) is 25.3 Å². The summed E-state index contributed by atoms with van der Waals surface area (Å²) in [5.74, 6) is 0.301. The van der Waals surface area contributed by atoms with Gasteiger partial charge in [0.2, 0.25) is 5.95 Å². The molecule has 1 N–H and O–H groups in total. The maximum absolute atomic E-state index is 13.1. The summed E-state index contributed by atoms with van der Waals surface area (Å²) in [7, 11) is 0. The van der Waals surface area contributed by atoms with Crippen LogP contribution in [-0.2, 0) is 0 Å². The second-order valence-electron chi connectivity index (χ2n) is 5.27. The SMILES string of the molecule is Fc1cccc(-c2csc(NCC3CCCCC3)n2)n1. The van der Waals surface area contributed by atoms with Crippen LogP contribution in [0.5, 0.6) is 0 Å². The van der Waals surface area contributed by atoms with Gasteiger partial charge in [0, 0.05) is 11.9 Å². The van der Waals surface area contributed by atoms with E-state index in [0.717, 1.165) is 23.3 Å². The highest BCUT2D eigenvalue weighted by Crippen LogP contribution is 2.26. The van der Waals surface area contributed by atoms with Crippen LogP contribution in [0.4, 0.5) is 9.52 Å². The molecule has 1 aliphatic carbocycles. The Morgan fingerprint density at radius 3 is 2.80 bits per heavy atom. The van der Waals surface area contributed by atoms with E-state index >= 15 is 0 Å². The van der Waals surface area contributed by atoms with Gasteiger partial charge >= 0.3 is 0 Å². The fraction of sp³-hybridized carbons (Fsp3) is 0.467. The first-order valence-electron chi connectivity index (χ1n) is 7.13. The first-order chi connectivity index (χ1) is 9.81. The first-order valence-corrected chi connectivity index (χ1v) is 8.01. The Labute approximate surface area is 122 Å². The van der Waals surface area contributed by atoms with Crippen LogP contribution in [0.1, 0.15) is 32.1 Å². The van der Waals surface area contributed by atoms with E-state index in [4.69, 9.17) is 0 Å². The molecule has 2 aromatic rings. The lowest BCUT2D eigenvalue weighted by Crippen LogP contribution is -2.16. The number of thiazole rings is 1. The van der Waals surface area contributed by atoms with Gasteiger partial charge < -0.3 is 5.32 Å². The molecular weight excluding hydrogens is 273 g/mol. The molecule has 0 amide bonds. The van der Waals surface area contributed by atoms with Crippen LogP contribution in [0.15, 0.2) is 23.6 Å². The van der Waals surface area contributed by atoms with E-state index in [9.17, 15) is 4.39 Å². The molecule has 106 valence electrons. The van der Waals surface area contributed by atoms with E-state index < -0.39 is 5.95 Å². The zero-order valence-electron chi connectivity index (χ0n) is 11.3. The maximum Gasteiger partial charge on any atom is 0.213 e. The molecule has 3 nitrogen and oxygen atoms in total. The molecule has 3 rings (SSSR count). The smallest absolute Gasteiger partial charge is 0.213 e. The standard InChI is InChI=1S/C15H18FN3S/c16-14-8-4-7-12(18-14)13-10-20-15(19-13)17-9-11-5-2-1-3-6-11/h4,7-8,10-11H,1-3,5-6,9H2,(H,17,19). The van der Waals surface area contributed by atoms with Gasteiger partial charge in [0.05, 0.1) is 5.69 Å². The van der Waals surface area contributed by atoms with Gasteiger partial charge in [-0.25, -0.2) is 9.97 Å². The quantitative estimate of drug-likeness (QED) is 0.852. The van der Waals surface area contributed by atoms with Crippen LogP contribution >= 0.6 is 11.3 Å². The molecule has 0 saturated heterocycles. The number of pyridine rings is 1. The monoisotopic (exact) mass is 291 g/mol. The number of halogens is 1. The molecule has 20 heavy (non-hydrogen) atoms. The third-order valence-electron chi connectivity index (χ3n) is 3.75. The number of nitrogens with zero attached hydrogens (tertiary/aromatic N) is 2. The largest absolute Gasteiger partial charge is 0.361 e. The number of hydrogen-bond donors (Lipinski definition) is 1. The third-order valence-corrected chi connectivity index (χ3v) is 4.55. The van der Waals surface area contributed by atoms with Crippen LogP contribution in [0, 0.1) is 11.9 Å². The van der Waals surface area contributed by atoms with Gasteiger partial charge in [0.1, 0.15) is 5.69 Å². The Hall–Kier alpha value is -1.49. The van der Waals surface area contributed by atoms with Gasteiger partial charge in [-0.15, -0.1) is 11.3 Å². The van der Waals surface area contributed by atoms with Crippen LogP contribution in [0.25, 0.3) is 11.4 Å². The van der Waals surface area contributed by atoms with E-state index in [1.165, 1.54) is 38.2 Å². The summed E-state index contributed by atoms with van der Waals surface area (Å²) in [6, 6.07) is 4.79. The van der Waals surface area contributed by atoms with Crippen molar-refractivity contribution < 1.29 is 4.39 Å². The third kappa shape index (κ3) is 3.33.